The number of alkyl halides is 6. The Kier molecular flexibility index (Phi) is 6.77. The number of aromatic nitrogens is 1. The molecule has 1 fully saturated rings. The number of likely N-dealkylation sites (tertiary alicyclic amines) is 1. The fourth-order valence-corrected chi connectivity index (χ4v) is 5.83. The van der Waals surface area contributed by atoms with Crippen molar-refractivity contribution in [3.05, 3.63) is 59.4 Å². The Bertz CT molecular complexity index is 1150. The van der Waals surface area contributed by atoms with Gasteiger partial charge in [-0.15, -0.1) is 0 Å². The van der Waals surface area contributed by atoms with E-state index in [2.05, 4.69) is 4.98 Å². The van der Waals surface area contributed by atoms with E-state index in [-0.39, 0.29) is 31.5 Å². The summed E-state index contributed by atoms with van der Waals surface area (Å²) in [6, 6.07) is 5.34. The van der Waals surface area contributed by atoms with Crippen molar-refractivity contribution in [2.45, 2.75) is 48.7 Å². The average molecular weight is 508 g/mol. The number of piperidine rings is 1. The number of halogens is 6. The Morgan fingerprint density at radius 3 is 2.09 bits per heavy atom. The quantitative estimate of drug-likeness (QED) is 0.531. The van der Waals surface area contributed by atoms with Crippen LogP contribution in [0.4, 0.5) is 26.3 Å². The molecule has 1 aromatic heterocycles. The van der Waals surface area contributed by atoms with Gasteiger partial charge in [0.25, 0.3) is 5.91 Å². The molecule has 0 atom stereocenters. The van der Waals surface area contributed by atoms with Crippen molar-refractivity contribution in [2.24, 2.45) is 5.92 Å². The molecule has 2 heterocycles. The second-order valence-corrected chi connectivity index (χ2v) is 11.2. The van der Waals surface area contributed by atoms with Crippen molar-refractivity contribution in [3.8, 4) is 0 Å². The maximum Gasteiger partial charge on any atom is 0.433 e. The van der Waals surface area contributed by atoms with Gasteiger partial charge in [-0.25, -0.2) is 8.42 Å². The highest BCUT2D eigenvalue weighted by Gasteiger charge is 2.45. The summed E-state index contributed by atoms with van der Waals surface area (Å²) in [6.07, 6.45) is -7.96. The molecule has 2 aromatic rings. The number of amides is 1. The van der Waals surface area contributed by atoms with Crippen LogP contribution in [0.1, 0.15) is 48.3 Å². The molecule has 0 unspecified atom stereocenters. The lowest BCUT2D eigenvalue weighted by atomic mass is 9.85. The van der Waals surface area contributed by atoms with E-state index in [1.807, 2.05) is 0 Å². The maximum absolute atomic E-state index is 13.2. The number of hydrogen-bond acceptors (Lipinski definition) is 4. The lowest BCUT2D eigenvalue weighted by molar-refractivity contribution is -0.141. The van der Waals surface area contributed by atoms with Crippen molar-refractivity contribution in [1.82, 2.24) is 9.88 Å². The Labute approximate surface area is 192 Å². The van der Waals surface area contributed by atoms with E-state index in [4.69, 9.17) is 0 Å². The Morgan fingerprint density at radius 2 is 1.59 bits per heavy atom. The predicted molar refractivity (Wildman–Crippen MR) is 111 cm³/mol. The van der Waals surface area contributed by atoms with Gasteiger partial charge in [-0.1, -0.05) is 6.07 Å². The highest BCUT2D eigenvalue weighted by Crippen LogP contribution is 2.39. The molecule has 1 aliphatic heterocycles. The summed E-state index contributed by atoms with van der Waals surface area (Å²) in [6.45, 7) is 3.19. The van der Waals surface area contributed by atoms with Gasteiger partial charge in [0.05, 0.1) is 20.8 Å². The normalized spacial score (nSPS) is 16.5. The summed E-state index contributed by atoms with van der Waals surface area (Å²) in [4.78, 5) is 16.9. The van der Waals surface area contributed by atoms with Crippen molar-refractivity contribution in [1.29, 1.82) is 0 Å². The van der Waals surface area contributed by atoms with Gasteiger partial charge in [-0.05, 0) is 62.9 Å². The SMILES string of the molecule is CC(C)(C1CCN(C(=O)c2ccc(C(F)(F)F)nc2)CC1)S(=O)(=O)c1cccc(C(F)(F)F)c1. The van der Waals surface area contributed by atoms with Gasteiger partial charge in [-0.2, -0.15) is 26.3 Å². The van der Waals surface area contributed by atoms with E-state index in [1.54, 1.807) is 0 Å². The van der Waals surface area contributed by atoms with Crippen LogP contribution in [0.5, 0.6) is 0 Å². The van der Waals surface area contributed by atoms with E-state index in [1.165, 1.54) is 18.7 Å². The molecule has 0 saturated carbocycles. The number of sulfone groups is 1. The molecule has 3 rings (SSSR count). The van der Waals surface area contributed by atoms with Gasteiger partial charge in [0.15, 0.2) is 9.84 Å². The number of carbonyl (C=O) groups is 1. The zero-order valence-corrected chi connectivity index (χ0v) is 19.1. The molecule has 1 amide bonds. The minimum Gasteiger partial charge on any atom is -0.339 e. The molecular formula is C22H22F6N2O3S. The van der Waals surface area contributed by atoms with E-state index < -0.39 is 54.9 Å². The molecular weight excluding hydrogens is 486 g/mol. The van der Waals surface area contributed by atoms with Crippen molar-refractivity contribution >= 4 is 15.7 Å². The molecule has 0 aliphatic carbocycles. The van der Waals surface area contributed by atoms with Crippen LogP contribution in [-0.4, -0.2) is 42.0 Å². The fraction of sp³-hybridized carbons (Fsp3) is 0.455. The second kappa shape index (κ2) is 8.86. The van der Waals surface area contributed by atoms with Gasteiger partial charge < -0.3 is 4.90 Å². The Morgan fingerprint density at radius 1 is 0.971 bits per heavy atom. The molecule has 186 valence electrons. The maximum atomic E-state index is 13.2. The van der Waals surface area contributed by atoms with Crippen LogP contribution >= 0.6 is 0 Å². The standard InChI is InChI=1S/C22H22F6N2O3S/c1-20(2,34(32,33)17-5-3-4-16(12-17)21(23,24)25)15-8-10-30(11-9-15)19(31)14-6-7-18(29-13-14)22(26,27)28/h3-7,12-13,15H,8-11H2,1-2H3. The third-order valence-corrected chi connectivity index (χ3v) is 8.82. The molecule has 0 bridgehead atoms. The Hall–Kier alpha value is -2.63. The van der Waals surface area contributed by atoms with Gasteiger partial charge in [0.2, 0.25) is 0 Å². The Balaban J connectivity index is 1.73. The van der Waals surface area contributed by atoms with Crippen LogP contribution in [0.2, 0.25) is 0 Å². The highest BCUT2D eigenvalue weighted by molar-refractivity contribution is 7.92. The first-order chi connectivity index (χ1) is 15.5. The molecule has 1 aliphatic rings. The molecule has 1 saturated heterocycles. The number of benzene rings is 1. The molecule has 1 aromatic carbocycles. The summed E-state index contributed by atoms with van der Waals surface area (Å²) in [5.74, 6) is -0.986. The summed E-state index contributed by atoms with van der Waals surface area (Å²) in [5, 5.41) is 0. The topological polar surface area (TPSA) is 67.3 Å². The fourth-order valence-electron chi connectivity index (χ4n) is 4.01. The van der Waals surface area contributed by atoms with Crippen LogP contribution in [0.25, 0.3) is 0 Å². The van der Waals surface area contributed by atoms with Gasteiger partial charge in [0, 0.05) is 19.3 Å². The van der Waals surface area contributed by atoms with Crippen molar-refractivity contribution in [2.75, 3.05) is 13.1 Å². The van der Waals surface area contributed by atoms with Gasteiger partial charge in [0.1, 0.15) is 5.69 Å². The van der Waals surface area contributed by atoms with E-state index in [0.29, 0.717) is 12.1 Å². The molecule has 12 heteroatoms. The summed E-state index contributed by atoms with van der Waals surface area (Å²) in [5.41, 5.74) is -2.21. The lowest BCUT2D eigenvalue weighted by Gasteiger charge is -2.40. The van der Waals surface area contributed by atoms with Crippen LogP contribution in [0.3, 0.4) is 0 Å². The molecule has 5 nitrogen and oxygen atoms in total. The summed E-state index contributed by atoms with van der Waals surface area (Å²) in [7, 11) is -4.15. The number of carbonyl (C=O) groups excluding carboxylic acids is 1. The monoisotopic (exact) mass is 508 g/mol. The smallest absolute Gasteiger partial charge is 0.339 e. The van der Waals surface area contributed by atoms with E-state index in [0.717, 1.165) is 30.5 Å². The molecule has 34 heavy (non-hydrogen) atoms. The first-order valence-corrected chi connectivity index (χ1v) is 11.8. The molecule has 0 radical (unpaired) electrons. The molecule has 0 N–H and O–H groups in total. The lowest BCUT2D eigenvalue weighted by Crippen LogP contribution is -2.47. The van der Waals surface area contributed by atoms with Crippen LogP contribution in [0, 0.1) is 5.92 Å². The number of nitrogens with zero attached hydrogens (tertiary/aromatic N) is 2. The largest absolute Gasteiger partial charge is 0.433 e. The van der Waals surface area contributed by atoms with Crippen LogP contribution in [0.15, 0.2) is 47.5 Å². The summed E-state index contributed by atoms with van der Waals surface area (Å²) < 4.78 is 102. The van der Waals surface area contributed by atoms with E-state index in [9.17, 15) is 39.6 Å². The number of pyridine rings is 1. The highest BCUT2D eigenvalue weighted by atomic mass is 32.2. The average Bonchev–Trinajstić information content (AvgIpc) is 2.77. The zero-order valence-electron chi connectivity index (χ0n) is 18.2. The van der Waals surface area contributed by atoms with Crippen molar-refractivity contribution < 1.29 is 39.6 Å². The minimum atomic E-state index is -4.69. The number of hydrogen-bond donors (Lipinski definition) is 0. The first kappa shape index (κ1) is 26.0. The van der Waals surface area contributed by atoms with E-state index >= 15 is 0 Å². The second-order valence-electron chi connectivity index (χ2n) is 8.63. The zero-order chi connectivity index (χ0) is 25.5. The molecule has 0 spiro atoms. The predicted octanol–water partition coefficient (Wildman–Crippen LogP) is 5.22. The third kappa shape index (κ3) is 5.06. The first-order valence-electron chi connectivity index (χ1n) is 10.3. The third-order valence-electron chi connectivity index (χ3n) is 6.23. The van der Waals surface area contributed by atoms with Gasteiger partial charge >= 0.3 is 12.4 Å². The van der Waals surface area contributed by atoms with Crippen LogP contribution in [-0.2, 0) is 22.2 Å². The number of rotatable bonds is 4. The summed E-state index contributed by atoms with van der Waals surface area (Å²) >= 11 is 0. The van der Waals surface area contributed by atoms with Gasteiger partial charge in [-0.3, -0.25) is 9.78 Å². The van der Waals surface area contributed by atoms with Crippen LogP contribution < -0.4 is 0 Å². The minimum absolute atomic E-state index is 0.0257. The van der Waals surface area contributed by atoms with Crippen molar-refractivity contribution in [3.63, 3.8) is 0 Å².